The third-order valence-corrected chi connectivity index (χ3v) is 3.73. The minimum Gasteiger partial charge on any atom is -0.324 e. The molecule has 0 fully saturated rings. The van der Waals surface area contributed by atoms with Crippen molar-refractivity contribution in [2.24, 2.45) is 5.73 Å². The quantitative estimate of drug-likeness (QED) is 0.821. The monoisotopic (exact) mass is 241 g/mol. The van der Waals surface area contributed by atoms with E-state index in [0.29, 0.717) is 0 Å². The van der Waals surface area contributed by atoms with E-state index >= 15 is 0 Å². The predicted octanol–water partition coefficient (Wildman–Crippen LogP) is 2.66. The lowest BCUT2D eigenvalue weighted by Gasteiger charge is -2.09. The Balaban J connectivity index is 1.90. The summed E-state index contributed by atoms with van der Waals surface area (Å²) in [6, 6.07) is 10.7. The molecular weight excluding hydrogens is 222 g/mol. The molecule has 1 heterocycles. The zero-order chi connectivity index (χ0) is 12.4. The van der Waals surface area contributed by atoms with Crippen LogP contribution in [0, 0.1) is 0 Å². The van der Waals surface area contributed by atoms with Crippen molar-refractivity contribution in [1.29, 1.82) is 0 Å². The van der Waals surface area contributed by atoms with E-state index in [1.807, 2.05) is 12.3 Å². The van der Waals surface area contributed by atoms with Gasteiger partial charge in [-0.05, 0) is 24.8 Å². The van der Waals surface area contributed by atoms with E-state index in [0.717, 1.165) is 19.4 Å². The molecule has 3 heteroatoms. The third kappa shape index (κ3) is 2.18. The number of nitrogens with two attached hydrogens (primary N) is 1. The average Bonchev–Trinajstić information content (AvgIpc) is 2.69. The van der Waals surface area contributed by atoms with Crippen molar-refractivity contribution >= 4 is 0 Å². The molecule has 1 aliphatic rings. The molecule has 1 aromatic carbocycles. The zero-order valence-electron chi connectivity index (χ0n) is 10.5. The molecule has 0 spiro atoms. The number of benzene rings is 1. The van der Waals surface area contributed by atoms with Crippen LogP contribution in [0.15, 0.2) is 36.5 Å². The average molecular weight is 241 g/mol. The van der Waals surface area contributed by atoms with Gasteiger partial charge in [-0.15, -0.1) is 0 Å². The van der Waals surface area contributed by atoms with Gasteiger partial charge in [0, 0.05) is 17.3 Å². The van der Waals surface area contributed by atoms with Crippen molar-refractivity contribution in [3.63, 3.8) is 0 Å². The fourth-order valence-corrected chi connectivity index (χ4v) is 2.71. The lowest BCUT2D eigenvalue weighted by molar-refractivity contribution is 0.602. The van der Waals surface area contributed by atoms with Crippen LogP contribution in [0.1, 0.15) is 42.1 Å². The van der Waals surface area contributed by atoms with Gasteiger partial charge < -0.3 is 5.73 Å². The molecule has 0 saturated heterocycles. The molecule has 1 atom stereocenters. The molecule has 0 radical (unpaired) electrons. The Labute approximate surface area is 108 Å². The summed E-state index contributed by atoms with van der Waals surface area (Å²) in [5.41, 5.74) is 10.1. The van der Waals surface area contributed by atoms with Crippen LogP contribution in [0.3, 0.4) is 0 Å². The molecular formula is C15H19N3. The third-order valence-electron chi connectivity index (χ3n) is 3.73. The van der Waals surface area contributed by atoms with Crippen LogP contribution in [0.2, 0.25) is 0 Å². The first-order chi connectivity index (χ1) is 8.84. The van der Waals surface area contributed by atoms with Gasteiger partial charge >= 0.3 is 0 Å². The fourth-order valence-electron chi connectivity index (χ4n) is 2.71. The van der Waals surface area contributed by atoms with E-state index in [9.17, 15) is 0 Å². The number of rotatable bonds is 2. The van der Waals surface area contributed by atoms with Crippen LogP contribution in [0.5, 0.6) is 0 Å². The molecule has 0 bridgehead atoms. The van der Waals surface area contributed by atoms with E-state index in [4.69, 9.17) is 5.73 Å². The summed E-state index contributed by atoms with van der Waals surface area (Å²) in [6.07, 6.45) is 6.61. The van der Waals surface area contributed by atoms with E-state index in [1.165, 1.54) is 29.7 Å². The Kier molecular flexibility index (Phi) is 3.15. The second-order valence-corrected chi connectivity index (χ2v) is 5.04. The van der Waals surface area contributed by atoms with Gasteiger partial charge in [0.15, 0.2) is 0 Å². The smallest absolute Gasteiger partial charge is 0.0662 e. The van der Waals surface area contributed by atoms with Crippen molar-refractivity contribution in [3.05, 3.63) is 53.3 Å². The van der Waals surface area contributed by atoms with Crippen molar-refractivity contribution in [2.75, 3.05) is 0 Å². The molecule has 18 heavy (non-hydrogen) atoms. The highest BCUT2D eigenvalue weighted by Gasteiger charge is 2.19. The standard InChI is InChI=1S/C15H19N3/c16-14-8-4-5-9-15-13(14)10-17-18(15)11-12-6-2-1-3-7-12/h1-3,6-7,10,14H,4-5,8-9,11,16H2. The van der Waals surface area contributed by atoms with Gasteiger partial charge in [0.2, 0.25) is 0 Å². The number of hydrogen-bond donors (Lipinski definition) is 1. The summed E-state index contributed by atoms with van der Waals surface area (Å²) in [7, 11) is 0. The minimum absolute atomic E-state index is 0.173. The van der Waals surface area contributed by atoms with Crippen LogP contribution in [-0.2, 0) is 13.0 Å². The summed E-state index contributed by atoms with van der Waals surface area (Å²) in [6.45, 7) is 0.850. The van der Waals surface area contributed by atoms with E-state index in [-0.39, 0.29) is 6.04 Å². The summed E-state index contributed by atoms with van der Waals surface area (Å²) >= 11 is 0. The summed E-state index contributed by atoms with van der Waals surface area (Å²) in [5, 5.41) is 4.52. The lowest BCUT2D eigenvalue weighted by Crippen LogP contribution is -2.11. The molecule has 0 saturated carbocycles. The maximum absolute atomic E-state index is 6.20. The summed E-state index contributed by atoms with van der Waals surface area (Å²) in [5.74, 6) is 0. The van der Waals surface area contributed by atoms with Crippen LogP contribution in [0.25, 0.3) is 0 Å². The molecule has 94 valence electrons. The van der Waals surface area contributed by atoms with E-state index in [1.54, 1.807) is 0 Å². The Hall–Kier alpha value is -1.61. The molecule has 3 rings (SSSR count). The minimum atomic E-state index is 0.173. The highest BCUT2D eigenvalue weighted by Crippen LogP contribution is 2.26. The van der Waals surface area contributed by atoms with Gasteiger partial charge in [-0.1, -0.05) is 36.8 Å². The Morgan fingerprint density at radius 2 is 2.06 bits per heavy atom. The van der Waals surface area contributed by atoms with E-state index in [2.05, 4.69) is 34.0 Å². The molecule has 0 aliphatic heterocycles. The van der Waals surface area contributed by atoms with Gasteiger partial charge in [0.25, 0.3) is 0 Å². The van der Waals surface area contributed by atoms with Crippen LogP contribution in [0.4, 0.5) is 0 Å². The number of hydrogen-bond acceptors (Lipinski definition) is 2. The maximum atomic E-state index is 6.20. The van der Waals surface area contributed by atoms with Crippen molar-refractivity contribution in [3.8, 4) is 0 Å². The van der Waals surface area contributed by atoms with Crippen molar-refractivity contribution in [1.82, 2.24) is 9.78 Å². The maximum Gasteiger partial charge on any atom is 0.0662 e. The molecule has 1 aliphatic carbocycles. The highest BCUT2D eigenvalue weighted by molar-refractivity contribution is 5.25. The van der Waals surface area contributed by atoms with Crippen LogP contribution < -0.4 is 5.73 Å². The molecule has 1 unspecified atom stereocenters. The predicted molar refractivity (Wildman–Crippen MR) is 72.3 cm³/mol. The van der Waals surface area contributed by atoms with Gasteiger partial charge in [0.05, 0.1) is 12.7 Å². The van der Waals surface area contributed by atoms with Crippen molar-refractivity contribution < 1.29 is 0 Å². The number of fused-ring (bicyclic) bond motifs is 1. The molecule has 2 N–H and O–H groups in total. The Bertz CT molecular complexity index is 516. The first kappa shape index (κ1) is 11.5. The number of aromatic nitrogens is 2. The first-order valence-corrected chi connectivity index (χ1v) is 6.68. The molecule has 2 aromatic rings. The lowest BCUT2D eigenvalue weighted by atomic mass is 10.1. The highest BCUT2D eigenvalue weighted by atomic mass is 15.3. The molecule has 0 amide bonds. The Morgan fingerprint density at radius 3 is 2.89 bits per heavy atom. The van der Waals surface area contributed by atoms with Gasteiger partial charge in [0.1, 0.15) is 0 Å². The largest absolute Gasteiger partial charge is 0.324 e. The van der Waals surface area contributed by atoms with Crippen LogP contribution in [-0.4, -0.2) is 9.78 Å². The SMILES string of the molecule is NC1CCCCc2c1cnn2Cc1ccccc1. The molecule has 1 aromatic heterocycles. The van der Waals surface area contributed by atoms with Gasteiger partial charge in [-0.25, -0.2) is 0 Å². The summed E-state index contributed by atoms with van der Waals surface area (Å²) in [4.78, 5) is 0. The van der Waals surface area contributed by atoms with E-state index < -0.39 is 0 Å². The first-order valence-electron chi connectivity index (χ1n) is 6.68. The van der Waals surface area contributed by atoms with Gasteiger partial charge in [-0.3, -0.25) is 4.68 Å². The molecule has 3 nitrogen and oxygen atoms in total. The second kappa shape index (κ2) is 4.94. The number of nitrogens with zero attached hydrogens (tertiary/aromatic N) is 2. The normalized spacial score (nSPS) is 19.3. The summed E-state index contributed by atoms with van der Waals surface area (Å²) < 4.78 is 2.12. The van der Waals surface area contributed by atoms with Crippen molar-refractivity contribution in [2.45, 2.75) is 38.3 Å². The second-order valence-electron chi connectivity index (χ2n) is 5.04. The van der Waals surface area contributed by atoms with Crippen LogP contribution >= 0.6 is 0 Å². The Morgan fingerprint density at radius 1 is 1.22 bits per heavy atom. The zero-order valence-corrected chi connectivity index (χ0v) is 10.5. The topological polar surface area (TPSA) is 43.8 Å². The van der Waals surface area contributed by atoms with Gasteiger partial charge in [-0.2, -0.15) is 5.10 Å². The fraction of sp³-hybridized carbons (Fsp3) is 0.400.